The molecule has 41 heavy (non-hydrogen) atoms. The van der Waals surface area contributed by atoms with E-state index in [1.54, 1.807) is 30.3 Å². The molecule has 0 heterocycles. The van der Waals surface area contributed by atoms with Gasteiger partial charge in [-0.2, -0.15) is 0 Å². The molecular weight excluding hydrogens is 576 g/mol. The van der Waals surface area contributed by atoms with E-state index in [0.717, 1.165) is 15.6 Å². The predicted molar refractivity (Wildman–Crippen MR) is 165 cm³/mol. The van der Waals surface area contributed by atoms with Crippen molar-refractivity contribution in [3.05, 3.63) is 148 Å². The number of halogens is 1. The lowest BCUT2D eigenvalue weighted by Crippen LogP contribution is -2.42. The largest absolute Gasteiger partial charge is 0.334 e. The van der Waals surface area contributed by atoms with E-state index in [1.807, 2.05) is 95.9 Å². The second kappa shape index (κ2) is 13.4. The summed E-state index contributed by atoms with van der Waals surface area (Å²) in [6.07, 6.45) is 4.88. The maximum absolute atomic E-state index is 14.1. The molecule has 0 saturated carbocycles. The van der Waals surface area contributed by atoms with Crippen molar-refractivity contribution in [2.75, 3.05) is 5.32 Å². The summed E-state index contributed by atoms with van der Waals surface area (Å²) in [6.45, 7) is 0.900. The van der Waals surface area contributed by atoms with Crippen molar-refractivity contribution in [2.45, 2.75) is 25.9 Å². The topological polar surface area (TPSA) is 66.5 Å². The fourth-order valence-corrected chi connectivity index (χ4v) is 5.58. The van der Waals surface area contributed by atoms with Crippen LogP contribution in [0.1, 0.15) is 39.9 Å². The minimum Gasteiger partial charge on any atom is -0.334 e. The van der Waals surface area contributed by atoms with Crippen LogP contribution in [0, 0.1) is 11.8 Å². The number of nitrogens with zero attached hydrogens (tertiary/aromatic N) is 1. The predicted octanol–water partition coefficient (Wildman–Crippen LogP) is 7.43. The first-order valence-electron chi connectivity index (χ1n) is 13.7. The van der Waals surface area contributed by atoms with Crippen LogP contribution in [-0.4, -0.2) is 22.5 Å². The number of ketones is 1. The Morgan fingerprint density at radius 2 is 1.24 bits per heavy atom. The van der Waals surface area contributed by atoms with E-state index in [4.69, 9.17) is 0 Å². The Bertz CT molecular complexity index is 1500. The third-order valence-electron chi connectivity index (χ3n) is 7.35. The zero-order chi connectivity index (χ0) is 28.6. The molecule has 0 saturated heterocycles. The molecule has 0 fully saturated rings. The molecule has 2 unspecified atom stereocenters. The second-order valence-electron chi connectivity index (χ2n) is 10.2. The first-order valence-corrected chi connectivity index (χ1v) is 14.5. The van der Waals surface area contributed by atoms with Crippen molar-refractivity contribution in [1.29, 1.82) is 0 Å². The van der Waals surface area contributed by atoms with E-state index < -0.39 is 11.8 Å². The van der Waals surface area contributed by atoms with Crippen LogP contribution in [0.25, 0.3) is 0 Å². The Hall–Kier alpha value is -4.29. The number of anilines is 1. The summed E-state index contributed by atoms with van der Waals surface area (Å²) in [7, 11) is 0. The minimum absolute atomic E-state index is 0.0569. The van der Waals surface area contributed by atoms with Gasteiger partial charge in [-0.05, 0) is 42.2 Å². The molecule has 1 aliphatic carbocycles. The van der Waals surface area contributed by atoms with Crippen molar-refractivity contribution in [2.24, 2.45) is 11.8 Å². The lowest BCUT2D eigenvalue weighted by molar-refractivity contribution is -0.142. The SMILES string of the molecule is O=C(c1ccccc1)c1cc(Br)ccc1NC(=O)C1CC=CCC1C(=O)N(Cc1ccccc1)Cc1ccccc1. The maximum atomic E-state index is 14.1. The number of allylic oxidation sites excluding steroid dienone is 2. The number of hydrogen-bond donors (Lipinski definition) is 1. The van der Waals surface area contributed by atoms with E-state index in [2.05, 4.69) is 21.2 Å². The molecule has 0 aliphatic heterocycles. The van der Waals surface area contributed by atoms with E-state index in [9.17, 15) is 14.4 Å². The number of hydrogen-bond acceptors (Lipinski definition) is 3. The van der Waals surface area contributed by atoms with E-state index in [-0.39, 0.29) is 17.6 Å². The van der Waals surface area contributed by atoms with Gasteiger partial charge in [-0.25, -0.2) is 0 Å². The molecule has 0 aromatic heterocycles. The molecule has 2 amide bonds. The Balaban J connectivity index is 1.39. The Morgan fingerprint density at radius 1 is 0.707 bits per heavy atom. The number of benzene rings is 4. The zero-order valence-corrected chi connectivity index (χ0v) is 24.2. The zero-order valence-electron chi connectivity index (χ0n) is 22.6. The average Bonchev–Trinajstić information content (AvgIpc) is 3.02. The highest BCUT2D eigenvalue weighted by molar-refractivity contribution is 9.10. The first kappa shape index (κ1) is 28.2. The molecule has 0 spiro atoms. The van der Waals surface area contributed by atoms with E-state index >= 15 is 0 Å². The van der Waals surface area contributed by atoms with Crippen molar-refractivity contribution in [3.8, 4) is 0 Å². The molecule has 0 radical (unpaired) electrons. The molecule has 2 atom stereocenters. The third kappa shape index (κ3) is 7.08. The summed E-state index contributed by atoms with van der Waals surface area (Å²) >= 11 is 3.45. The smallest absolute Gasteiger partial charge is 0.228 e. The highest BCUT2D eigenvalue weighted by Gasteiger charge is 2.37. The quantitative estimate of drug-likeness (QED) is 0.159. The van der Waals surface area contributed by atoms with Crippen molar-refractivity contribution < 1.29 is 14.4 Å². The summed E-state index contributed by atoms with van der Waals surface area (Å²) in [6, 6.07) is 34.0. The molecular formula is C35H31BrN2O3. The normalized spacial score (nSPS) is 16.1. The van der Waals surface area contributed by atoms with Crippen molar-refractivity contribution in [1.82, 2.24) is 4.90 Å². The van der Waals surface area contributed by atoms with Gasteiger partial charge in [0.15, 0.2) is 5.78 Å². The van der Waals surface area contributed by atoms with E-state index in [0.29, 0.717) is 42.7 Å². The number of carbonyl (C=O) groups excluding carboxylic acids is 3. The summed E-state index contributed by atoms with van der Waals surface area (Å²) in [5.41, 5.74) is 3.42. The van der Waals surface area contributed by atoms with Crippen LogP contribution < -0.4 is 5.32 Å². The van der Waals surface area contributed by atoms with Crippen LogP contribution in [0.15, 0.2) is 126 Å². The molecule has 6 heteroatoms. The van der Waals surface area contributed by atoms with Crippen LogP contribution in [0.4, 0.5) is 5.69 Å². The van der Waals surface area contributed by atoms with Gasteiger partial charge in [-0.15, -0.1) is 0 Å². The molecule has 1 aliphatic rings. The van der Waals surface area contributed by atoms with Gasteiger partial charge in [0, 0.05) is 28.7 Å². The Labute approximate surface area is 249 Å². The van der Waals surface area contributed by atoms with Gasteiger partial charge in [-0.3, -0.25) is 14.4 Å². The second-order valence-corrected chi connectivity index (χ2v) is 11.1. The van der Waals surface area contributed by atoms with Crippen LogP contribution >= 0.6 is 15.9 Å². The number of amides is 2. The molecule has 206 valence electrons. The van der Waals surface area contributed by atoms with Crippen LogP contribution in [0.2, 0.25) is 0 Å². The number of carbonyl (C=O) groups is 3. The van der Waals surface area contributed by atoms with Gasteiger partial charge in [0.05, 0.1) is 17.5 Å². The van der Waals surface area contributed by atoms with Crippen LogP contribution in [0.3, 0.4) is 0 Å². The average molecular weight is 608 g/mol. The maximum Gasteiger partial charge on any atom is 0.228 e. The minimum atomic E-state index is -0.565. The lowest BCUT2D eigenvalue weighted by atomic mass is 9.81. The monoisotopic (exact) mass is 606 g/mol. The molecule has 0 bridgehead atoms. The lowest BCUT2D eigenvalue weighted by Gasteiger charge is -2.32. The van der Waals surface area contributed by atoms with Gasteiger partial charge in [0.25, 0.3) is 0 Å². The van der Waals surface area contributed by atoms with Crippen LogP contribution in [-0.2, 0) is 22.7 Å². The van der Waals surface area contributed by atoms with Gasteiger partial charge in [0.1, 0.15) is 0 Å². The standard InChI is InChI=1S/C35H31BrN2O3/c36-28-20-21-32(31(22-28)33(39)27-16-8-3-9-17-27)37-34(40)29-18-10-11-19-30(29)35(41)38(23-25-12-4-1-5-13-25)24-26-14-6-2-7-15-26/h1-17,20-22,29-30H,18-19,23-24H2,(H,37,40). The van der Waals surface area contributed by atoms with Gasteiger partial charge >= 0.3 is 0 Å². The van der Waals surface area contributed by atoms with Crippen molar-refractivity contribution in [3.63, 3.8) is 0 Å². The van der Waals surface area contributed by atoms with E-state index in [1.165, 1.54) is 0 Å². The van der Waals surface area contributed by atoms with Crippen molar-refractivity contribution >= 4 is 39.2 Å². The Kier molecular flexibility index (Phi) is 9.22. The number of rotatable bonds is 9. The summed E-state index contributed by atoms with van der Waals surface area (Å²) < 4.78 is 0.737. The number of nitrogens with one attached hydrogen (secondary N) is 1. The molecule has 4 aromatic carbocycles. The van der Waals surface area contributed by atoms with Gasteiger partial charge in [-0.1, -0.05) is 119 Å². The first-order chi connectivity index (χ1) is 20.0. The fraction of sp³-hybridized carbons (Fsp3) is 0.171. The Morgan fingerprint density at radius 3 is 1.83 bits per heavy atom. The fourth-order valence-electron chi connectivity index (χ4n) is 5.21. The van der Waals surface area contributed by atoms with Gasteiger partial charge in [0.2, 0.25) is 11.8 Å². The summed E-state index contributed by atoms with van der Waals surface area (Å²) in [5.74, 6) is -1.59. The van der Waals surface area contributed by atoms with Crippen LogP contribution in [0.5, 0.6) is 0 Å². The molecule has 5 rings (SSSR count). The third-order valence-corrected chi connectivity index (χ3v) is 7.84. The summed E-state index contributed by atoms with van der Waals surface area (Å²) in [5, 5.41) is 3.00. The molecule has 4 aromatic rings. The van der Waals surface area contributed by atoms with Gasteiger partial charge < -0.3 is 10.2 Å². The molecule has 1 N–H and O–H groups in total. The molecule has 5 nitrogen and oxygen atoms in total. The highest BCUT2D eigenvalue weighted by atomic mass is 79.9. The highest BCUT2D eigenvalue weighted by Crippen LogP contribution is 2.31. The summed E-state index contributed by atoms with van der Waals surface area (Å²) in [4.78, 5) is 43.1.